The van der Waals surface area contributed by atoms with Crippen molar-refractivity contribution in [2.24, 2.45) is 5.92 Å². The highest BCUT2D eigenvalue weighted by Crippen LogP contribution is 2.39. The molecule has 3 nitrogen and oxygen atoms in total. The summed E-state index contributed by atoms with van der Waals surface area (Å²) in [5.74, 6) is 0.848. The van der Waals surface area contributed by atoms with Crippen LogP contribution < -0.4 is 10.6 Å². The predicted molar refractivity (Wildman–Crippen MR) is 56.0 cm³/mol. The number of amides is 1. The molecule has 0 heterocycles. The lowest BCUT2D eigenvalue weighted by atomic mass is 9.99. The topological polar surface area (TPSA) is 41.1 Å². The summed E-state index contributed by atoms with van der Waals surface area (Å²) in [5, 5.41) is 6.33. The van der Waals surface area contributed by atoms with Crippen molar-refractivity contribution < 1.29 is 4.79 Å². The normalized spacial score (nSPS) is 22.1. The molecule has 0 aromatic heterocycles. The zero-order valence-corrected chi connectivity index (χ0v) is 9.10. The Hall–Kier alpha value is -0.570. The molecule has 2 N–H and O–H groups in total. The van der Waals surface area contributed by atoms with Crippen LogP contribution in [0.4, 0.5) is 0 Å². The summed E-state index contributed by atoms with van der Waals surface area (Å²) < 4.78 is 0. The van der Waals surface area contributed by atoms with E-state index in [4.69, 9.17) is 0 Å². The molecule has 0 aromatic carbocycles. The maximum atomic E-state index is 11.5. The Balaban J connectivity index is 1.69. The Bertz CT molecular complexity index is 229. The lowest BCUT2D eigenvalue weighted by Crippen LogP contribution is -2.48. The van der Waals surface area contributed by atoms with E-state index in [0.717, 1.165) is 0 Å². The first-order valence-electron chi connectivity index (χ1n) is 5.62. The molecule has 0 saturated heterocycles. The molecule has 14 heavy (non-hydrogen) atoms. The van der Waals surface area contributed by atoms with Gasteiger partial charge in [-0.25, -0.2) is 0 Å². The Morgan fingerprint density at radius 2 is 1.93 bits per heavy atom. The van der Waals surface area contributed by atoms with Gasteiger partial charge < -0.3 is 10.6 Å². The lowest BCUT2D eigenvalue weighted by molar-refractivity contribution is -0.122. The third-order valence-corrected chi connectivity index (χ3v) is 3.19. The second-order valence-corrected chi connectivity index (χ2v) is 5.20. The average Bonchev–Trinajstić information content (AvgIpc) is 2.93. The van der Waals surface area contributed by atoms with Gasteiger partial charge in [-0.1, -0.05) is 0 Å². The summed E-state index contributed by atoms with van der Waals surface area (Å²) in [6, 6.07) is 0.616. The highest BCUT2D eigenvalue weighted by atomic mass is 16.2. The van der Waals surface area contributed by atoms with Gasteiger partial charge in [-0.15, -0.1) is 0 Å². The van der Waals surface area contributed by atoms with Gasteiger partial charge in [0.2, 0.25) is 5.91 Å². The monoisotopic (exact) mass is 196 g/mol. The molecule has 80 valence electrons. The molecule has 2 fully saturated rings. The first-order chi connectivity index (χ1) is 6.58. The van der Waals surface area contributed by atoms with E-state index in [9.17, 15) is 4.79 Å². The third-order valence-electron chi connectivity index (χ3n) is 3.19. The highest BCUT2D eigenvalue weighted by molar-refractivity contribution is 5.78. The molecule has 2 saturated carbocycles. The van der Waals surface area contributed by atoms with E-state index in [1.165, 1.54) is 25.7 Å². The van der Waals surface area contributed by atoms with E-state index in [0.29, 0.717) is 18.5 Å². The predicted octanol–water partition coefficient (Wildman–Crippen LogP) is 1.04. The van der Waals surface area contributed by atoms with Gasteiger partial charge in [0, 0.05) is 11.6 Å². The summed E-state index contributed by atoms with van der Waals surface area (Å²) in [5.41, 5.74) is 0.00230. The number of rotatable bonds is 5. The van der Waals surface area contributed by atoms with Crippen LogP contribution in [0.3, 0.4) is 0 Å². The molecule has 2 aliphatic carbocycles. The number of hydrogen-bond donors (Lipinski definition) is 2. The molecule has 0 aliphatic heterocycles. The number of carbonyl (C=O) groups excluding carboxylic acids is 1. The van der Waals surface area contributed by atoms with Gasteiger partial charge in [0.1, 0.15) is 0 Å². The van der Waals surface area contributed by atoms with Crippen molar-refractivity contribution in [3.05, 3.63) is 0 Å². The fraction of sp³-hybridized carbons (Fsp3) is 0.909. The molecule has 0 aromatic rings. The SMILES string of the molecule is CC(C)(NC(=O)CNC1CC1)C1CC1. The molecule has 0 spiro atoms. The minimum absolute atomic E-state index is 0.00230. The van der Waals surface area contributed by atoms with E-state index in [-0.39, 0.29) is 11.4 Å². The third kappa shape index (κ3) is 2.71. The van der Waals surface area contributed by atoms with Crippen LogP contribution in [0.15, 0.2) is 0 Å². The minimum Gasteiger partial charge on any atom is -0.350 e. The Morgan fingerprint density at radius 3 is 2.43 bits per heavy atom. The van der Waals surface area contributed by atoms with Crippen LogP contribution in [0.1, 0.15) is 39.5 Å². The maximum absolute atomic E-state index is 11.5. The van der Waals surface area contributed by atoms with E-state index in [2.05, 4.69) is 24.5 Å². The zero-order valence-electron chi connectivity index (χ0n) is 9.10. The number of hydrogen-bond acceptors (Lipinski definition) is 2. The van der Waals surface area contributed by atoms with Crippen LogP contribution in [0, 0.1) is 5.92 Å². The molecule has 0 radical (unpaired) electrons. The first-order valence-corrected chi connectivity index (χ1v) is 5.62. The second kappa shape index (κ2) is 3.54. The molecule has 1 amide bonds. The van der Waals surface area contributed by atoms with Crippen LogP contribution in [0.2, 0.25) is 0 Å². The van der Waals surface area contributed by atoms with Crippen LogP contribution in [0.5, 0.6) is 0 Å². The maximum Gasteiger partial charge on any atom is 0.234 e. The van der Waals surface area contributed by atoms with Crippen LogP contribution >= 0.6 is 0 Å². The molecule has 0 atom stereocenters. The van der Waals surface area contributed by atoms with Crippen molar-refractivity contribution in [1.29, 1.82) is 0 Å². The largest absolute Gasteiger partial charge is 0.350 e. The number of carbonyl (C=O) groups is 1. The quantitative estimate of drug-likeness (QED) is 0.690. The van der Waals surface area contributed by atoms with Gasteiger partial charge in [0.25, 0.3) is 0 Å². The van der Waals surface area contributed by atoms with Gasteiger partial charge in [-0.3, -0.25) is 4.79 Å². The van der Waals surface area contributed by atoms with E-state index < -0.39 is 0 Å². The summed E-state index contributed by atoms with van der Waals surface area (Å²) in [6.45, 7) is 4.74. The average molecular weight is 196 g/mol. The molecular formula is C11H20N2O. The Morgan fingerprint density at radius 1 is 1.29 bits per heavy atom. The van der Waals surface area contributed by atoms with Crippen molar-refractivity contribution >= 4 is 5.91 Å². The van der Waals surface area contributed by atoms with Crippen molar-refractivity contribution in [2.75, 3.05) is 6.54 Å². The fourth-order valence-electron chi connectivity index (χ4n) is 1.84. The van der Waals surface area contributed by atoms with Crippen molar-refractivity contribution in [3.63, 3.8) is 0 Å². The van der Waals surface area contributed by atoms with Gasteiger partial charge in [0.15, 0.2) is 0 Å². The van der Waals surface area contributed by atoms with E-state index in [1.54, 1.807) is 0 Å². The van der Waals surface area contributed by atoms with Crippen LogP contribution in [-0.2, 0) is 4.79 Å². The van der Waals surface area contributed by atoms with Gasteiger partial charge in [-0.05, 0) is 45.4 Å². The molecule has 0 unspecified atom stereocenters. The summed E-state index contributed by atoms with van der Waals surface area (Å²) in [6.07, 6.45) is 5.01. The Labute approximate surface area is 85.6 Å². The van der Waals surface area contributed by atoms with Gasteiger partial charge in [-0.2, -0.15) is 0 Å². The van der Waals surface area contributed by atoms with Crippen molar-refractivity contribution in [1.82, 2.24) is 10.6 Å². The zero-order chi connectivity index (χ0) is 10.2. The van der Waals surface area contributed by atoms with Crippen molar-refractivity contribution in [2.45, 2.75) is 51.1 Å². The lowest BCUT2D eigenvalue weighted by Gasteiger charge is -2.26. The molecule has 0 bridgehead atoms. The molecule has 2 rings (SSSR count). The highest BCUT2D eigenvalue weighted by Gasteiger charge is 2.38. The van der Waals surface area contributed by atoms with E-state index in [1.807, 2.05) is 0 Å². The van der Waals surface area contributed by atoms with E-state index >= 15 is 0 Å². The first kappa shape index (κ1) is 9.97. The van der Waals surface area contributed by atoms with Crippen LogP contribution in [-0.4, -0.2) is 24.0 Å². The van der Waals surface area contributed by atoms with Gasteiger partial charge >= 0.3 is 0 Å². The summed E-state index contributed by atoms with van der Waals surface area (Å²) >= 11 is 0. The Kier molecular flexibility index (Phi) is 2.52. The number of nitrogens with one attached hydrogen (secondary N) is 2. The van der Waals surface area contributed by atoms with Crippen molar-refractivity contribution in [3.8, 4) is 0 Å². The van der Waals surface area contributed by atoms with Crippen LogP contribution in [0.25, 0.3) is 0 Å². The molecule has 2 aliphatic rings. The summed E-state index contributed by atoms with van der Waals surface area (Å²) in [4.78, 5) is 11.5. The second-order valence-electron chi connectivity index (χ2n) is 5.20. The molecular weight excluding hydrogens is 176 g/mol. The minimum atomic E-state index is 0.00230. The standard InChI is InChI=1S/C11H20N2O/c1-11(2,8-3-4-8)13-10(14)7-12-9-5-6-9/h8-9,12H,3-7H2,1-2H3,(H,13,14). The molecule has 3 heteroatoms. The fourth-order valence-corrected chi connectivity index (χ4v) is 1.84. The smallest absolute Gasteiger partial charge is 0.234 e. The van der Waals surface area contributed by atoms with Gasteiger partial charge in [0.05, 0.1) is 6.54 Å². The summed E-state index contributed by atoms with van der Waals surface area (Å²) in [7, 11) is 0.